The van der Waals surface area contributed by atoms with Crippen molar-refractivity contribution in [2.75, 3.05) is 0 Å². The summed E-state index contributed by atoms with van der Waals surface area (Å²) in [6.07, 6.45) is 0. The van der Waals surface area contributed by atoms with E-state index in [1.165, 1.54) is 10.4 Å². The van der Waals surface area contributed by atoms with E-state index in [1.54, 1.807) is 29.2 Å². The van der Waals surface area contributed by atoms with Crippen molar-refractivity contribution < 1.29 is 0 Å². The second kappa shape index (κ2) is 7.42. The van der Waals surface area contributed by atoms with Gasteiger partial charge in [-0.1, -0.05) is 54.2 Å². The van der Waals surface area contributed by atoms with E-state index < -0.39 is 0 Å². The van der Waals surface area contributed by atoms with Gasteiger partial charge in [-0.25, -0.2) is 15.0 Å². The van der Waals surface area contributed by atoms with Gasteiger partial charge in [-0.05, 0) is 30.7 Å². The molecule has 142 valence electrons. The molecule has 0 spiro atoms. The number of thiophene rings is 1. The first-order valence-corrected chi connectivity index (χ1v) is 10.9. The number of nitrogens with zero attached hydrogens (tertiary/aromatic N) is 3. The van der Waals surface area contributed by atoms with Crippen LogP contribution in [0.25, 0.3) is 31.6 Å². The number of aromatic nitrogens is 4. The standard InChI is InChI=1S/C22H16N4OS2/c1-13-23-21(16-11-18(29-22(16)24-13)14-7-3-2-4-8-14)28-12-19-25-17-10-6-5-9-15(17)20(27)26-19/h2-11H,12H2,1H3,(H,25,26,27). The summed E-state index contributed by atoms with van der Waals surface area (Å²) < 4.78 is 0. The molecule has 5 rings (SSSR count). The summed E-state index contributed by atoms with van der Waals surface area (Å²) in [4.78, 5) is 31.2. The van der Waals surface area contributed by atoms with Gasteiger partial charge >= 0.3 is 0 Å². The third-order valence-corrected chi connectivity index (χ3v) is 6.62. The number of nitrogens with one attached hydrogen (secondary N) is 1. The summed E-state index contributed by atoms with van der Waals surface area (Å²) in [5.74, 6) is 1.91. The maximum absolute atomic E-state index is 12.3. The number of hydrogen-bond donors (Lipinski definition) is 1. The van der Waals surface area contributed by atoms with E-state index in [0.29, 0.717) is 22.5 Å². The van der Waals surface area contributed by atoms with Gasteiger partial charge in [0.1, 0.15) is 21.5 Å². The first kappa shape index (κ1) is 18.0. The topological polar surface area (TPSA) is 71.5 Å². The molecule has 5 aromatic rings. The number of aromatic amines is 1. The maximum atomic E-state index is 12.3. The first-order chi connectivity index (χ1) is 14.2. The van der Waals surface area contributed by atoms with Crippen molar-refractivity contribution in [2.45, 2.75) is 17.7 Å². The summed E-state index contributed by atoms with van der Waals surface area (Å²) in [5, 5.41) is 2.54. The van der Waals surface area contributed by atoms with Crippen molar-refractivity contribution in [3.63, 3.8) is 0 Å². The number of thioether (sulfide) groups is 1. The van der Waals surface area contributed by atoms with E-state index >= 15 is 0 Å². The van der Waals surface area contributed by atoms with Crippen molar-refractivity contribution in [1.82, 2.24) is 19.9 Å². The minimum absolute atomic E-state index is 0.114. The van der Waals surface area contributed by atoms with Crippen LogP contribution in [0.1, 0.15) is 11.6 Å². The molecule has 0 amide bonds. The Kier molecular flexibility index (Phi) is 4.61. The molecule has 0 saturated heterocycles. The van der Waals surface area contributed by atoms with Gasteiger partial charge in [-0.15, -0.1) is 11.3 Å². The van der Waals surface area contributed by atoms with Crippen LogP contribution in [0.5, 0.6) is 0 Å². The Morgan fingerprint density at radius 2 is 1.76 bits per heavy atom. The zero-order chi connectivity index (χ0) is 19.8. The fraction of sp³-hybridized carbons (Fsp3) is 0.0909. The van der Waals surface area contributed by atoms with Crippen LogP contribution in [-0.4, -0.2) is 19.9 Å². The maximum Gasteiger partial charge on any atom is 0.258 e. The van der Waals surface area contributed by atoms with Gasteiger partial charge in [-0.2, -0.15) is 0 Å². The van der Waals surface area contributed by atoms with Crippen LogP contribution in [0.2, 0.25) is 0 Å². The number of hydrogen-bond acceptors (Lipinski definition) is 6. The molecule has 0 fully saturated rings. The Hall–Kier alpha value is -3.03. The fourth-order valence-corrected chi connectivity index (χ4v) is 5.26. The van der Waals surface area contributed by atoms with Crippen molar-refractivity contribution in [2.24, 2.45) is 0 Å². The molecule has 2 aromatic carbocycles. The molecule has 0 aliphatic heterocycles. The van der Waals surface area contributed by atoms with Crippen molar-refractivity contribution in [3.05, 3.63) is 82.7 Å². The van der Waals surface area contributed by atoms with Crippen molar-refractivity contribution >= 4 is 44.2 Å². The normalized spacial score (nSPS) is 11.3. The van der Waals surface area contributed by atoms with Crippen molar-refractivity contribution in [3.8, 4) is 10.4 Å². The van der Waals surface area contributed by atoms with Crippen molar-refractivity contribution in [1.29, 1.82) is 0 Å². The molecule has 3 aromatic heterocycles. The average molecular weight is 417 g/mol. The summed E-state index contributed by atoms with van der Waals surface area (Å²) in [7, 11) is 0. The van der Waals surface area contributed by atoms with E-state index in [4.69, 9.17) is 0 Å². The number of benzene rings is 2. The van der Waals surface area contributed by atoms with E-state index in [0.717, 1.165) is 21.1 Å². The molecular formula is C22H16N4OS2. The van der Waals surface area contributed by atoms with E-state index in [1.807, 2.05) is 43.3 Å². The summed E-state index contributed by atoms with van der Waals surface area (Å²) in [5.41, 5.74) is 1.76. The number of rotatable bonds is 4. The highest BCUT2D eigenvalue weighted by Gasteiger charge is 2.13. The number of para-hydroxylation sites is 1. The van der Waals surface area contributed by atoms with Crippen LogP contribution in [0.15, 0.2) is 70.5 Å². The molecule has 5 nitrogen and oxygen atoms in total. The number of aryl methyl sites for hydroxylation is 1. The third kappa shape index (κ3) is 3.54. The molecule has 1 N–H and O–H groups in total. The molecular weight excluding hydrogens is 400 g/mol. The quantitative estimate of drug-likeness (QED) is 0.322. The van der Waals surface area contributed by atoms with Crippen LogP contribution in [0.3, 0.4) is 0 Å². The lowest BCUT2D eigenvalue weighted by molar-refractivity contribution is 1.00. The molecule has 3 heterocycles. The average Bonchev–Trinajstić information content (AvgIpc) is 3.17. The second-order valence-electron chi connectivity index (χ2n) is 6.59. The van der Waals surface area contributed by atoms with Gasteiger partial charge in [0.25, 0.3) is 5.56 Å². The minimum Gasteiger partial charge on any atom is -0.309 e. The van der Waals surface area contributed by atoms with E-state index in [-0.39, 0.29) is 5.56 Å². The zero-order valence-corrected chi connectivity index (χ0v) is 17.2. The lowest BCUT2D eigenvalue weighted by Gasteiger charge is -2.05. The number of fused-ring (bicyclic) bond motifs is 2. The molecule has 0 saturated carbocycles. The zero-order valence-electron chi connectivity index (χ0n) is 15.5. The smallest absolute Gasteiger partial charge is 0.258 e. The Bertz CT molecular complexity index is 1390. The molecule has 7 heteroatoms. The Balaban J connectivity index is 1.50. The Morgan fingerprint density at radius 3 is 2.62 bits per heavy atom. The SMILES string of the molecule is Cc1nc(SCc2nc3ccccc3c(=O)[nH]2)c2cc(-c3ccccc3)sc2n1. The molecule has 0 atom stereocenters. The van der Waals surface area contributed by atoms with Gasteiger partial charge in [0.2, 0.25) is 0 Å². The summed E-state index contributed by atoms with van der Waals surface area (Å²) in [6, 6.07) is 19.8. The minimum atomic E-state index is -0.114. The second-order valence-corrected chi connectivity index (χ2v) is 8.58. The van der Waals surface area contributed by atoms with Crippen LogP contribution in [0, 0.1) is 6.92 Å². The van der Waals surface area contributed by atoms with Gasteiger partial charge in [0.15, 0.2) is 0 Å². The molecule has 0 bridgehead atoms. The fourth-order valence-electron chi connectivity index (χ4n) is 3.19. The highest BCUT2D eigenvalue weighted by molar-refractivity contribution is 7.98. The number of H-pyrrole nitrogens is 1. The molecule has 0 radical (unpaired) electrons. The molecule has 0 unspecified atom stereocenters. The first-order valence-electron chi connectivity index (χ1n) is 9.12. The highest BCUT2D eigenvalue weighted by Crippen LogP contribution is 2.37. The monoisotopic (exact) mass is 416 g/mol. The van der Waals surface area contributed by atoms with E-state index in [2.05, 4.69) is 38.1 Å². The van der Waals surface area contributed by atoms with Crippen LogP contribution < -0.4 is 5.56 Å². The molecule has 0 aliphatic rings. The molecule has 29 heavy (non-hydrogen) atoms. The largest absolute Gasteiger partial charge is 0.309 e. The predicted octanol–water partition coefficient (Wildman–Crippen LogP) is 5.20. The summed E-state index contributed by atoms with van der Waals surface area (Å²) >= 11 is 3.23. The highest BCUT2D eigenvalue weighted by atomic mass is 32.2. The Morgan fingerprint density at radius 1 is 0.966 bits per heavy atom. The van der Waals surface area contributed by atoms with Crippen LogP contribution in [-0.2, 0) is 5.75 Å². The van der Waals surface area contributed by atoms with Gasteiger partial charge in [0.05, 0.1) is 16.7 Å². The molecule has 0 aliphatic carbocycles. The predicted molar refractivity (Wildman–Crippen MR) is 120 cm³/mol. The van der Waals surface area contributed by atoms with Gasteiger partial charge in [-0.3, -0.25) is 4.79 Å². The Labute approximate surface area is 174 Å². The summed E-state index contributed by atoms with van der Waals surface area (Å²) in [6.45, 7) is 1.90. The van der Waals surface area contributed by atoms with Crippen LogP contribution in [0.4, 0.5) is 0 Å². The third-order valence-electron chi connectivity index (χ3n) is 4.54. The lowest BCUT2D eigenvalue weighted by Crippen LogP contribution is -2.11. The van der Waals surface area contributed by atoms with Crippen LogP contribution >= 0.6 is 23.1 Å². The van der Waals surface area contributed by atoms with Gasteiger partial charge in [0, 0.05) is 10.3 Å². The van der Waals surface area contributed by atoms with E-state index in [9.17, 15) is 4.79 Å². The van der Waals surface area contributed by atoms with Gasteiger partial charge < -0.3 is 4.98 Å². The lowest BCUT2D eigenvalue weighted by atomic mass is 10.2.